The average Bonchev–Trinajstić information content (AvgIpc) is 4.35. The largest absolute Gasteiger partial charge is 0.312 e. The zero-order chi connectivity index (χ0) is 54.0. The highest BCUT2D eigenvalue weighted by molar-refractivity contribution is 7.06. The highest BCUT2D eigenvalue weighted by Gasteiger charge is 2.53. The second-order valence-corrected chi connectivity index (χ2v) is 23.0. The molecule has 13 aromatic carbocycles. The lowest BCUT2D eigenvalue weighted by Gasteiger charge is -2.44. The summed E-state index contributed by atoms with van der Waals surface area (Å²) in [6.07, 6.45) is 0. The maximum atomic E-state index is 2.77. The molecule has 0 unspecified atom stereocenters. The first-order chi connectivity index (χ1) is 41.2. The fraction of sp³-hybridized carbons (Fsp3) is 0. The van der Waals surface area contributed by atoms with E-state index < -0.39 is 0 Å². The number of hydrogen-bond acceptors (Lipinski definition) is 1. The van der Waals surface area contributed by atoms with E-state index in [-0.39, 0.29) is 13.4 Å². The van der Waals surface area contributed by atoms with Crippen LogP contribution in [-0.4, -0.2) is 22.6 Å². The number of hydrogen-bond donors (Lipinski definition) is 0. The van der Waals surface area contributed by atoms with Crippen molar-refractivity contribution in [1.29, 1.82) is 0 Å². The van der Waals surface area contributed by atoms with Gasteiger partial charge in [-0.15, -0.1) is 0 Å². The normalized spacial score (nSPS) is 13.0. The van der Waals surface area contributed by atoms with Crippen LogP contribution in [-0.2, 0) is 0 Å². The molecule has 4 aliphatic rings. The molecule has 0 fully saturated rings. The van der Waals surface area contributed by atoms with E-state index in [1.807, 2.05) is 0 Å². The molecule has 0 saturated carbocycles. The van der Waals surface area contributed by atoms with E-state index in [9.17, 15) is 0 Å². The molecule has 0 aliphatic carbocycles. The Morgan fingerprint density at radius 2 is 0.530 bits per heavy atom. The minimum Gasteiger partial charge on any atom is -0.312 e. The molecule has 4 aliphatic heterocycles. The zero-order valence-electron chi connectivity index (χ0n) is 45.1. The van der Waals surface area contributed by atoms with E-state index in [2.05, 4.69) is 299 Å². The van der Waals surface area contributed by atoms with E-state index in [0.717, 1.165) is 0 Å². The van der Waals surface area contributed by atoms with Crippen LogP contribution in [0.15, 0.2) is 285 Å². The van der Waals surface area contributed by atoms with E-state index in [4.69, 9.17) is 0 Å². The molecular weight excluding hydrogens is 1000 g/mol. The zero-order valence-corrected chi connectivity index (χ0v) is 45.1. The quantitative estimate of drug-likeness (QED) is 0.151. The first-order valence-electron chi connectivity index (χ1n) is 29.1. The highest BCUT2D eigenvalue weighted by atomic mass is 15.2. The summed E-state index contributed by atoms with van der Waals surface area (Å²) in [6, 6.07) is 108. The number of rotatable bonds is 6. The Hall–Kier alpha value is -10.6. The van der Waals surface area contributed by atoms with Crippen molar-refractivity contribution in [3.8, 4) is 78.1 Å². The molecule has 0 N–H and O–H groups in total. The predicted octanol–water partition coefficient (Wildman–Crippen LogP) is 15.6. The van der Waals surface area contributed by atoms with Gasteiger partial charge in [0.15, 0.2) is 0 Å². The Morgan fingerprint density at radius 3 is 0.892 bits per heavy atom. The lowest BCUT2D eigenvalue weighted by Crippen LogP contribution is -2.64. The van der Waals surface area contributed by atoms with Gasteiger partial charge < -0.3 is 14.0 Å². The van der Waals surface area contributed by atoms with E-state index in [1.54, 1.807) is 0 Å². The number of aromatic nitrogens is 2. The van der Waals surface area contributed by atoms with Gasteiger partial charge in [0.25, 0.3) is 13.4 Å². The molecule has 6 heterocycles. The standard InChI is InChI=1S/C78H47B2N3/c1-5-21-48(22-6-1)52-37-39-64-60(41-52)62-43-54(50-25-9-3-10-26-50)45-70-74(62)79(64)76-72(81-66-33-17-13-29-56(66)57-30-14-18-34-67(57)81)47-73(82-68-35-19-15-31-58(68)59-32-16-20-36-69(59)82)77-78(76)83(70)71-46-55(51-27-11-4-12-28-51)44-63-61-42-53(49-23-7-2-8-24-49)38-40-65(61)80(77)75(63)71/h1-47H. The molecule has 0 amide bonds. The van der Waals surface area contributed by atoms with Gasteiger partial charge in [-0.05, 0) is 155 Å². The van der Waals surface area contributed by atoms with Crippen molar-refractivity contribution in [2.24, 2.45) is 0 Å². The van der Waals surface area contributed by atoms with Crippen LogP contribution in [0.25, 0.3) is 122 Å². The summed E-state index contributed by atoms with van der Waals surface area (Å²) in [5, 5.41) is 4.98. The maximum absolute atomic E-state index is 2.77. The van der Waals surface area contributed by atoms with Gasteiger partial charge in [-0.25, -0.2) is 0 Å². The summed E-state index contributed by atoms with van der Waals surface area (Å²) in [5.41, 5.74) is 33.8. The van der Waals surface area contributed by atoms with Crippen LogP contribution < -0.4 is 37.7 Å². The number of anilines is 3. The minimum absolute atomic E-state index is 0.114. The summed E-state index contributed by atoms with van der Waals surface area (Å²) >= 11 is 0. The van der Waals surface area contributed by atoms with Crippen molar-refractivity contribution in [2.45, 2.75) is 0 Å². The molecular formula is C78H47B2N3. The number of nitrogens with zero attached hydrogens (tertiary/aromatic N) is 3. The smallest absolute Gasteiger partial charge is 0.250 e. The van der Waals surface area contributed by atoms with Crippen molar-refractivity contribution in [3.05, 3.63) is 285 Å². The molecule has 0 saturated heterocycles. The third-order valence-electron chi connectivity index (χ3n) is 18.9. The van der Waals surface area contributed by atoms with Crippen molar-refractivity contribution in [2.75, 3.05) is 4.90 Å². The third-order valence-corrected chi connectivity index (χ3v) is 18.9. The lowest BCUT2D eigenvalue weighted by molar-refractivity contribution is 1.14. The lowest BCUT2D eigenvalue weighted by atomic mass is 9.31. The van der Waals surface area contributed by atoms with Crippen molar-refractivity contribution in [3.63, 3.8) is 0 Å². The van der Waals surface area contributed by atoms with Gasteiger partial charge in [0, 0.05) is 50.0 Å². The summed E-state index contributed by atoms with van der Waals surface area (Å²) in [5.74, 6) is 0. The second kappa shape index (κ2) is 17.0. The molecule has 83 heavy (non-hydrogen) atoms. The van der Waals surface area contributed by atoms with Gasteiger partial charge in [0.05, 0.1) is 22.1 Å². The molecule has 0 spiro atoms. The summed E-state index contributed by atoms with van der Waals surface area (Å²) in [4.78, 5) is 2.77. The van der Waals surface area contributed by atoms with Crippen LogP contribution in [0.4, 0.5) is 17.1 Å². The average molecular weight is 1050 g/mol. The summed E-state index contributed by atoms with van der Waals surface area (Å²) < 4.78 is 5.26. The van der Waals surface area contributed by atoms with E-state index in [1.165, 1.54) is 172 Å². The Morgan fingerprint density at radius 1 is 0.217 bits per heavy atom. The third kappa shape index (κ3) is 6.20. The summed E-state index contributed by atoms with van der Waals surface area (Å²) in [6.45, 7) is -0.229. The fourth-order valence-corrected chi connectivity index (χ4v) is 15.5. The van der Waals surface area contributed by atoms with Gasteiger partial charge in [-0.1, -0.05) is 229 Å². The predicted molar refractivity (Wildman–Crippen MR) is 352 cm³/mol. The molecule has 19 rings (SSSR count). The molecule has 3 nitrogen and oxygen atoms in total. The van der Waals surface area contributed by atoms with Crippen LogP contribution >= 0.6 is 0 Å². The molecule has 15 aromatic rings. The molecule has 0 atom stereocenters. The van der Waals surface area contributed by atoms with Crippen LogP contribution in [0.3, 0.4) is 0 Å². The highest BCUT2D eigenvalue weighted by Crippen LogP contribution is 2.50. The first-order valence-corrected chi connectivity index (χ1v) is 29.1. The number of benzene rings is 13. The molecule has 0 radical (unpaired) electrons. The van der Waals surface area contributed by atoms with E-state index in [0.29, 0.717) is 0 Å². The molecule has 380 valence electrons. The van der Waals surface area contributed by atoms with Crippen LogP contribution in [0.5, 0.6) is 0 Å². The van der Waals surface area contributed by atoms with Crippen LogP contribution in [0.1, 0.15) is 0 Å². The number of para-hydroxylation sites is 4. The fourth-order valence-electron chi connectivity index (χ4n) is 15.5. The van der Waals surface area contributed by atoms with Gasteiger partial charge in [0.1, 0.15) is 0 Å². The van der Waals surface area contributed by atoms with Gasteiger partial charge >= 0.3 is 0 Å². The van der Waals surface area contributed by atoms with Crippen LogP contribution in [0, 0.1) is 0 Å². The van der Waals surface area contributed by atoms with Crippen molar-refractivity contribution in [1.82, 2.24) is 9.13 Å². The molecule has 2 aromatic heterocycles. The monoisotopic (exact) mass is 1050 g/mol. The van der Waals surface area contributed by atoms with Crippen LogP contribution in [0.2, 0.25) is 0 Å². The Bertz CT molecular complexity index is 4840. The first kappa shape index (κ1) is 45.2. The van der Waals surface area contributed by atoms with Crippen molar-refractivity contribution >= 4 is 107 Å². The van der Waals surface area contributed by atoms with Gasteiger partial charge in [-0.3, -0.25) is 0 Å². The maximum Gasteiger partial charge on any atom is 0.250 e. The summed E-state index contributed by atoms with van der Waals surface area (Å²) in [7, 11) is 0. The topological polar surface area (TPSA) is 13.1 Å². The van der Waals surface area contributed by atoms with E-state index >= 15 is 0 Å². The molecule has 5 heteroatoms. The SMILES string of the molecule is c1ccc(-c2ccc3c(c2)-c2cc(-c4ccccc4)cc4c2B3c2c(-n3c5ccccc5c5ccccc53)cc(-n3c5ccccc5c5ccccc53)c3c2N4c2cc(-c4ccccc4)cc4c2B3c2ccc(-c3ccccc3)cc2-4)cc1. The van der Waals surface area contributed by atoms with Gasteiger partial charge in [-0.2, -0.15) is 0 Å². The van der Waals surface area contributed by atoms with Gasteiger partial charge in [0.2, 0.25) is 0 Å². The van der Waals surface area contributed by atoms with Crippen molar-refractivity contribution < 1.29 is 0 Å². The molecule has 0 bridgehead atoms. The Balaban J connectivity index is 1.04. The minimum atomic E-state index is -0.114. The Labute approximate surface area is 481 Å². The second-order valence-electron chi connectivity index (χ2n) is 23.0. The Kier molecular flexibility index (Phi) is 9.23. The number of fused-ring (bicyclic) bond motifs is 16.